The molecule has 1 saturated heterocycles. The third-order valence-electron chi connectivity index (χ3n) is 4.60. The van der Waals surface area contributed by atoms with Crippen LogP contribution in [0.25, 0.3) is 0 Å². The summed E-state index contributed by atoms with van der Waals surface area (Å²) in [4.78, 5) is 26.6. The van der Waals surface area contributed by atoms with E-state index >= 15 is 0 Å². The zero-order valence-electron chi connectivity index (χ0n) is 15.3. The van der Waals surface area contributed by atoms with Gasteiger partial charge in [0.1, 0.15) is 5.01 Å². The molecular weight excluding hydrogens is 384 g/mol. The van der Waals surface area contributed by atoms with E-state index in [9.17, 15) is 9.59 Å². The normalized spacial score (nSPS) is 17.0. The first-order valence-corrected chi connectivity index (χ1v) is 10.4. The van der Waals surface area contributed by atoms with Crippen molar-refractivity contribution in [1.29, 1.82) is 0 Å². The van der Waals surface area contributed by atoms with Gasteiger partial charge in [-0.15, -0.1) is 10.2 Å². The van der Waals surface area contributed by atoms with Crippen LogP contribution in [0.1, 0.15) is 59.8 Å². The number of rotatable bonds is 6. The van der Waals surface area contributed by atoms with Gasteiger partial charge in [-0.2, -0.15) is 0 Å². The Morgan fingerprint density at radius 3 is 2.81 bits per heavy atom. The average Bonchev–Trinajstić information content (AvgIpc) is 3.18. The zero-order chi connectivity index (χ0) is 19.2. The Labute approximate surface area is 167 Å². The van der Waals surface area contributed by atoms with Crippen LogP contribution in [0.4, 0.5) is 5.69 Å². The van der Waals surface area contributed by atoms with Crippen molar-refractivity contribution in [3.63, 3.8) is 0 Å². The van der Waals surface area contributed by atoms with Crippen LogP contribution in [0.2, 0.25) is 5.02 Å². The smallest absolute Gasteiger partial charge is 0.286 e. The summed E-state index contributed by atoms with van der Waals surface area (Å²) in [6.07, 6.45) is 4.47. The number of amides is 2. The van der Waals surface area contributed by atoms with E-state index in [0.717, 1.165) is 37.2 Å². The molecule has 0 unspecified atom stereocenters. The van der Waals surface area contributed by atoms with Gasteiger partial charge in [-0.05, 0) is 43.5 Å². The van der Waals surface area contributed by atoms with Crippen molar-refractivity contribution in [3.05, 3.63) is 39.3 Å². The second-order valence-electron chi connectivity index (χ2n) is 6.69. The molecule has 6 nitrogen and oxygen atoms in total. The molecule has 0 aliphatic carbocycles. The minimum absolute atomic E-state index is 0.152. The standard InChI is InChI=1S/C19H23ClN4O2S/c1-2-3-6-16(25)24-11-4-5-13(12-24)18-22-23-19(27-18)17(26)21-15-9-7-14(20)8-10-15/h7-10,13H,2-6,11-12H2,1H3,(H,21,26)/t13-/m0/s1. The van der Waals surface area contributed by atoms with Crippen molar-refractivity contribution in [3.8, 4) is 0 Å². The van der Waals surface area contributed by atoms with Gasteiger partial charge in [-0.1, -0.05) is 36.3 Å². The Balaban J connectivity index is 1.61. The Morgan fingerprint density at radius 2 is 2.07 bits per heavy atom. The Kier molecular flexibility index (Phi) is 6.79. The number of nitrogens with zero attached hydrogens (tertiary/aromatic N) is 3. The molecule has 1 aliphatic heterocycles. The van der Waals surface area contributed by atoms with E-state index in [0.29, 0.717) is 28.7 Å². The van der Waals surface area contributed by atoms with Crippen LogP contribution < -0.4 is 5.32 Å². The highest BCUT2D eigenvalue weighted by atomic mass is 35.5. The third kappa shape index (κ3) is 5.26. The highest BCUT2D eigenvalue weighted by Crippen LogP contribution is 2.30. The number of halogens is 1. The fraction of sp³-hybridized carbons (Fsp3) is 0.474. The van der Waals surface area contributed by atoms with Gasteiger partial charge in [-0.3, -0.25) is 9.59 Å². The lowest BCUT2D eigenvalue weighted by Gasteiger charge is -2.31. The van der Waals surface area contributed by atoms with Gasteiger partial charge < -0.3 is 10.2 Å². The highest BCUT2D eigenvalue weighted by molar-refractivity contribution is 7.13. The maximum absolute atomic E-state index is 12.4. The summed E-state index contributed by atoms with van der Waals surface area (Å²) < 4.78 is 0. The first-order chi connectivity index (χ1) is 13.1. The van der Waals surface area contributed by atoms with Gasteiger partial charge in [0.05, 0.1) is 0 Å². The van der Waals surface area contributed by atoms with E-state index in [1.165, 1.54) is 11.3 Å². The molecule has 1 aromatic heterocycles. The topological polar surface area (TPSA) is 75.2 Å². The molecule has 0 spiro atoms. The lowest BCUT2D eigenvalue weighted by Crippen LogP contribution is -2.38. The molecule has 1 fully saturated rings. The summed E-state index contributed by atoms with van der Waals surface area (Å²) in [5.74, 6) is 0.0819. The quantitative estimate of drug-likeness (QED) is 0.774. The van der Waals surface area contributed by atoms with Crippen LogP contribution in [-0.4, -0.2) is 40.0 Å². The van der Waals surface area contributed by atoms with Gasteiger partial charge >= 0.3 is 0 Å². The van der Waals surface area contributed by atoms with Crippen LogP contribution in [0.15, 0.2) is 24.3 Å². The van der Waals surface area contributed by atoms with Gasteiger partial charge in [0.15, 0.2) is 0 Å². The van der Waals surface area contributed by atoms with E-state index in [1.54, 1.807) is 24.3 Å². The monoisotopic (exact) mass is 406 g/mol. The molecule has 2 amide bonds. The number of anilines is 1. The molecule has 3 rings (SSSR count). The minimum atomic E-state index is -0.284. The van der Waals surface area contributed by atoms with Crippen molar-refractivity contribution in [2.75, 3.05) is 18.4 Å². The maximum atomic E-state index is 12.4. The van der Waals surface area contributed by atoms with E-state index in [1.807, 2.05) is 4.90 Å². The molecule has 2 aromatic rings. The number of carbonyl (C=O) groups excluding carboxylic acids is 2. The van der Waals surface area contributed by atoms with Gasteiger partial charge in [-0.25, -0.2) is 0 Å². The number of hydrogen-bond acceptors (Lipinski definition) is 5. The predicted octanol–water partition coefficient (Wildman–Crippen LogP) is 4.34. The average molecular weight is 407 g/mol. The first kappa shape index (κ1) is 19.8. The fourth-order valence-electron chi connectivity index (χ4n) is 3.10. The molecule has 2 heterocycles. The molecule has 144 valence electrons. The number of piperidine rings is 1. The summed E-state index contributed by atoms with van der Waals surface area (Å²) in [5, 5.41) is 12.8. The highest BCUT2D eigenvalue weighted by Gasteiger charge is 2.27. The molecule has 0 saturated carbocycles. The van der Waals surface area contributed by atoms with Crippen LogP contribution >= 0.6 is 22.9 Å². The SMILES string of the molecule is CCCCC(=O)N1CCC[C@H](c2nnc(C(=O)Nc3ccc(Cl)cc3)s2)C1. The number of aromatic nitrogens is 2. The number of hydrogen-bond donors (Lipinski definition) is 1. The van der Waals surface area contributed by atoms with E-state index < -0.39 is 0 Å². The van der Waals surface area contributed by atoms with E-state index in [2.05, 4.69) is 22.4 Å². The van der Waals surface area contributed by atoms with Crippen molar-refractivity contribution < 1.29 is 9.59 Å². The number of carbonyl (C=O) groups is 2. The second kappa shape index (κ2) is 9.28. The van der Waals surface area contributed by atoms with Gasteiger partial charge in [0.25, 0.3) is 5.91 Å². The van der Waals surface area contributed by atoms with Gasteiger partial charge in [0.2, 0.25) is 10.9 Å². The van der Waals surface area contributed by atoms with Crippen molar-refractivity contribution >= 4 is 40.4 Å². The van der Waals surface area contributed by atoms with Crippen molar-refractivity contribution in [2.45, 2.75) is 44.9 Å². The summed E-state index contributed by atoms with van der Waals surface area (Å²) in [7, 11) is 0. The van der Waals surface area contributed by atoms with Crippen LogP contribution in [0.3, 0.4) is 0 Å². The molecular formula is C19H23ClN4O2S. The number of unbranched alkanes of at least 4 members (excludes halogenated alkanes) is 1. The Bertz CT molecular complexity index is 793. The zero-order valence-corrected chi connectivity index (χ0v) is 16.9. The first-order valence-electron chi connectivity index (χ1n) is 9.25. The summed E-state index contributed by atoms with van der Waals surface area (Å²) in [5.41, 5.74) is 0.659. The summed E-state index contributed by atoms with van der Waals surface area (Å²) in [6.45, 7) is 3.56. The molecule has 1 aromatic carbocycles. The second-order valence-corrected chi connectivity index (χ2v) is 8.13. The number of nitrogens with one attached hydrogen (secondary N) is 1. The molecule has 8 heteroatoms. The molecule has 0 radical (unpaired) electrons. The molecule has 1 N–H and O–H groups in total. The van der Waals surface area contributed by atoms with Crippen molar-refractivity contribution in [2.24, 2.45) is 0 Å². The Hall–Kier alpha value is -1.99. The number of benzene rings is 1. The summed E-state index contributed by atoms with van der Waals surface area (Å²) in [6, 6.07) is 6.91. The molecule has 1 aliphatic rings. The third-order valence-corrected chi connectivity index (χ3v) is 5.94. The molecule has 0 bridgehead atoms. The number of likely N-dealkylation sites (tertiary alicyclic amines) is 1. The largest absolute Gasteiger partial charge is 0.342 e. The molecule has 27 heavy (non-hydrogen) atoms. The maximum Gasteiger partial charge on any atom is 0.286 e. The fourth-order valence-corrected chi connectivity index (χ4v) is 4.09. The lowest BCUT2D eigenvalue weighted by atomic mass is 9.98. The predicted molar refractivity (Wildman–Crippen MR) is 107 cm³/mol. The summed E-state index contributed by atoms with van der Waals surface area (Å²) >= 11 is 7.16. The van der Waals surface area contributed by atoms with Crippen LogP contribution in [0, 0.1) is 0 Å². The van der Waals surface area contributed by atoms with Crippen LogP contribution in [0.5, 0.6) is 0 Å². The van der Waals surface area contributed by atoms with Crippen molar-refractivity contribution in [1.82, 2.24) is 15.1 Å². The van der Waals surface area contributed by atoms with Crippen LogP contribution in [-0.2, 0) is 4.79 Å². The van der Waals surface area contributed by atoms with E-state index in [-0.39, 0.29) is 17.7 Å². The lowest BCUT2D eigenvalue weighted by molar-refractivity contribution is -0.132. The van der Waals surface area contributed by atoms with E-state index in [4.69, 9.17) is 11.6 Å². The molecule has 1 atom stereocenters. The minimum Gasteiger partial charge on any atom is -0.342 e. The van der Waals surface area contributed by atoms with Gasteiger partial charge in [0, 0.05) is 36.1 Å². The Morgan fingerprint density at radius 1 is 1.30 bits per heavy atom.